The van der Waals surface area contributed by atoms with E-state index in [2.05, 4.69) is 40.1 Å². The summed E-state index contributed by atoms with van der Waals surface area (Å²) in [6, 6.07) is 17.2. The first kappa shape index (κ1) is 20.4. The molecule has 3 aliphatic rings. The Labute approximate surface area is 184 Å². The Morgan fingerprint density at radius 1 is 0.968 bits per heavy atom. The van der Waals surface area contributed by atoms with Crippen LogP contribution < -0.4 is 9.47 Å². The summed E-state index contributed by atoms with van der Waals surface area (Å²) >= 11 is 0. The van der Waals surface area contributed by atoms with E-state index in [1.54, 1.807) is 14.2 Å². The summed E-state index contributed by atoms with van der Waals surface area (Å²) in [6.07, 6.45) is 3.20. The predicted octanol–water partition coefficient (Wildman–Crippen LogP) is 3.93. The molecule has 0 spiro atoms. The lowest BCUT2D eigenvalue weighted by Gasteiger charge is -2.39. The zero-order valence-corrected chi connectivity index (χ0v) is 18.5. The first-order valence-electron chi connectivity index (χ1n) is 11.5. The second-order valence-electron chi connectivity index (χ2n) is 9.25. The van der Waals surface area contributed by atoms with Gasteiger partial charge in [-0.3, -0.25) is 9.69 Å². The third kappa shape index (κ3) is 4.16. The van der Waals surface area contributed by atoms with Crippen molar-refractivity contribution in [1.82, 2.24) is 9.80 Å². The lowest BCUT2D eigenvalue weighted by Crippen LogP contribution is -2.48. The zero-order chi connectivity index (χ0) is 21.4. The molecule has 0 bridgehead atoms. The Morgan fingerprint density at radius 3 is 2.45 bits per heavy atom. The van der Waals surface area contributed by atoms with Crippen LogP contribution in [0.15, 0.2) is 48.5 Å². The number of amides is 1. The summed E-state index contributed by atoms with van der Waals surface area (Å²) in [5, 5.41) is 0. The Balaban J connectivity index is 1.36. The van der Waals surface area contributed by atoms with Crippen LogP contribution in [0.4, 0.5) is 0 Å². The third-order valence-corrected chi connectivity index (χ3v) is 7.31. The van der Waals surface area contributed by atoms with E-state index in [0.717, 1.165) is 56.9 Å². The van der Waals surface area contributed by atoms with Gasteiger partial charge in [0.2, 0.25) is 5.91 Å². The van der Waals surface area contributed by atoms with Gasteiger partial charge in [-0.15, -0.1) is 0 Å². The lowest BCUT2D eigenvalue weighted by atomic mass is 9.81. The fourth-order valence-electron chi connectivity index (χ4n) is 5.50. The van der Waals surface area contributed by atoms with Crippen LogP contribution in [0.5, 0.6) is 11.5 Å². The van der Waals surface area contributed by atoms with Crippen molar-refractivity contribution in [3.8, 4) is 11.5 Å². The molecule has 164 valence electrons. The molecule has 3 atom stereocenters. The molecule has 0 unspecified atom stereocenters. The number of fused-ring (bicyclic) bond motifs is 1. The minimum absolute atomic E-state index is 0.282. The van der Waals surface area contributed by atoms with Crippen LogP contribution in [0.1, 0.15) is 36.3 Å². The van der Waals surface area contributed by atoms with Crippen LogP contribution in [0, 0.1) is 11.8 Å². The number of hydrogen-bond donors (Lipinski definition) is 0. The molecule has 1 aliphatic carbocycles. The van der Waals surface area contributed by atoms with Crippen molar-refractivity contribution in [1.29, 1.82) is 0 Å². The average Bonchev–Trinajstić information content (AvgIpc) is 3.60. The number of piperidine rings is 1. The maximum absolute atomic E-state index is 13.1. The number of likely N-dealkylation sites (tertiary alicyclic amines) is 2. The molecule has 0 aromatic heterocycles. The van der Waals surface area contributed by atoms with Gasteiger partial charge in [-0.1, -0.05) is 24.3 Å². The summed E-state index contributed by atoms with van der Waals surface area (Å²) in [5.41, 5.74) is 2.60. The number of carbonyl (C=O) groups is 1. The molecule has 1 saturated carbocycles. The molecule has 5 rings (SSSR count). The Hall–Kier alpha value is -2.53. The summed E-state index contributed by atoms with van der Waals surface area (Å²) in [4.78, 5) is 17.9. The van der Waals surface area contributed by atoms with E-state index >= 15 is 0 Å². The van der Waals surface area contributed by atoms with Gasteiger partial charge in [-0.05, 0) is 54.7 Å². The molecular weight excluding hydrogens is 388 g/mol. The Bertz CT molecular complexity index is 925. The fraction of sp³-hybridized carbons (Fsp3) is 0.500. The number of methoxy groups -OCH3 is 2. The summed E-state index contributed by atoms with van der Waals surface area (Å²) in [5.74, 6) is 3.32. The van der Waals surface area contributed by atoms with E-state index in [1.807, 2.05) is 18.2 Å². The van der Waals surface area contributed by atoms with Gasteiger partial charge >= 0.3 is 0 Å². The van der Waals surface area contributed by atoms with E-state index in [1.165, 1.54) is 11.1 Å². The van der Waals surface area contributed by atoms with Crippen molar-refractivity contribution in [3.63, 3.8) is 0 Å². The fourth-order valence-corrected chi connectivity index (χ4v) is 5.50. The number of carbonyl (C=O) groups excluding carboxylic acids is 1. The van der Waals surface area contributed by atoms with Crippen LogP contribution in [0.2, 0.25) is 0 Å². The highest BCUT2D eigenvalue weighted by Gasteiger charge is 2.49. The monoisotopic (exact) mass is 420 g/mol. The standard InChI is InChI=1S/C26H32N2O3/c1-30-21-10-8-19(9-11-21)23-17-28(26(29)20-6-7-20)25-12-13-27(16-24(23)25)15-18-4-3-5-22(14-18)31-2/h3-5,8-11,14,20,23-25H,6-7,12-13,15-17H2,1-2H3/t23-,24-,25-/m0/s1. The summed E-state index contributed by atoms with van der Waals surface area (Å²) in [7, 11) is 3.42. The van der Waals surface area contributed by atoms with E-state index in [-0.39, 0.29) is 5.92 Å². The largest absolute Gasteiger partial charge is 0.497 e. The van der Waals surface area contributed by atoms with Crippen molar-refractivity contribution in [3.05, 3.63) is 59.7 Å². The predicted molar refractivity (Wildman–Crippen MR) is 120 cm³/mol. The second-order valence-corrected chi connectivity index (χ2v) is 9.25. The smallest absolute Gasteiger partial charge is 0.225 e. The molecule has 5 nitrogen and oxygen atoms in total. The van der Waals surface area contributed by atoms with Crippen LogP contribution in [0.25, 0.3) is 0 Å². The molecule has 2 saturated heterocycles. The molecular formula is C26H32N2O3. The van der Waals surface area contributed by atoms with Gasteiger partial charge in [0.1, 0.15) is 11.5 Å². The highest BCUT2D eigenvalue weighted by molar-refractivity contribution is 5.82. The third-order valence-electron chi connectivity index (χ3n) is 7.31. The van der Waals surface area contributed by atoms with Crippen LogP contribution in [-0.4, -0.2) is 55.6 Å². The minimum Gasteiger partial charge on any atom is -0.497 e. The van der Waals surface area contributed by atoms with Crippen LogP contribution in [-0.2, 0) is 11.3 Å². The Morgan fingerprint density at radius 2 is 1.74 bits per heavy atom. The number of ether oxygens (including phenoxy) is 2. The van der Waals surface area contributed by atoms with Gasteiger partial charge in [0.05, 0.1) is 14.2 Å². The first-order valence-corrected chi connectivity index (χ1v) is 11.5. The van der Waals surface area contributed by atoms with Gasteiger partial charge in [-0.2, -0.15) is 0 Å². The van der Waals surface area contributed by atoms with Gasteiger partial charge in [0.15, 0.2) is 0 Å². The molecule has 3 fully saturated rings. The SMILES string of the molecule is COc1ccc([C@@H]2CN(C(=O)C3CC3)[C@H]3CCN(Cc4cccc(OC)c4)C[C@@H]23)cc1. The number of hydrogen-bond acceptors (Lipinski definition) is 4. The maximum Gasteiger partial charge on any atom is 0.225 e. The molecule has 2 aromatic carbocycles. The normalized spacial score (nSPS) is 25.9. The highest BCUT2D eigenvalue weighted by Crippen LogP contribution is 2.44. The van der Waals surface area contributed by atoms with Gasteiger partial charge in [-0.25, -0.2) is 0 Å². The van der Waals surface area contributed by atoms with Crippen molar-refractivity contribution < 1.29 is 14.3 Å². The quantitative estimate of drug-likeness (QED) is 0.710. The molecule has 0 N–H and O–H groups in total. The summed E-state index contributed by atoms with van der Waals surface area (Å²) in [6.45, 7) is 3.82. The van der Waals surface area contributed by atoms with E-state index in [0.29, 0.717) is 23.8 Å². The van der Waals surface area contributed by atoms with E-state index in [9.17, 15) is 4.79 Å². The van der Waals surface area contributed by atoms with Crippen LogP contribution >= 0.6 is 0 Å². The van der Waals surface area contributed by atoms with Crippen molar-refractivity contribution in [2.45, 2.75) is 37.8 Å². The average molecular weight is 421 g/mol. The minimum atomic E-state index is 0.282. The van der Waals surface area contributed by atoms with Crippen LogP contribution in [0.3, 0.4) is 0 Å². The Kier molecular flexibility index (Phi) is 5.61. The van der Waals surface area contributed by atoms with Gasteiger partial charge in [0, 0.05) is 50.0 Å². The van der Waals surface area contributed by atoms with Crippen molar-refractivity contribution >= 4 is 5.91 Å². The number of benzene rings is 2. The number of rotatable bonds is 6. The van der Waals surface area contributed by atoms with Gasteiger partial charge < -0.3 is 14.4 Å². The summed E-state index contributed by atoms with van der Waals surface area (Å²) < 4.78 is 10.8. The molecule has 31 heavy (non-hydrogen) atoms. The molecule has 2 aliphatic heterocycles. The molecule has 5 heteroatoms. The van der Waals surface area contributed by atoms with E-state index < -0.39 is 0 Å². The molecule has 2 aromatic rings. The zero-order valence-electron chi connectivity index (χ0n) is 18.5. The molecule has 2 heterocycles. The number of nitrogens with zero attached hydrogens (tertiary/aromatic N) is 2. The van der Waals surface area contributed by atoms with Crippen molar-refractivity contribution in [2.75, 3.05) is 33.9 Å². The van der Waals surface area contributed by atoms with Gasteiger partial charge in [0.25, 0.3) is 0 Å². The first-order chi connectivity index (χ1) is 15.2. The maximum atomic E-state index is 13.1. The molecule has 0 radical (unpaired) electrons. The topological polar surface area (TPSA) is 42.0 Å². The van der Waals surface area contributed by atoms with E-state index in [4.69, 9.17) is 9.47 Å². The molecule has 1 amide bonds. The van der Waals surface area contributed by atoms with Crippen molar-refractivity contribution in [2.24, 2.45) is 11.8 Å². The second kappa shape index (κ2) is 8.54. The highest BCUT2D eigenvalue weighted by atomic mass is 16.5. The lowest BCUT2D eigenvalue weighted by molar-refractivity contribution is -0.134.